The zero-order chi connectivity index (χ0) is 11.6. The van der Waals surface area contributed by atoms with Gasteiger partial charge in [0.15, 0.2) is 0 Å². The summed E-state index contributed by atoms with van der Waals surface area (Å²) in [6.45, 7) is 0. The first-order chi connectivity index (χ1) is 7.65. The minimum absolute atomic E-state index is 0.104. The first-order valence-electron chi connectivity index (χ1n) is 4.60. The lowest BCUT2D eigenvalue weighted by Crippen LogP contribution is -2.05. The fourth-order valence-electron chi connectivity index (χ4n) is 1.54. The summed E-state index contributed by atoms with van der Waals surface area (Å²) in [5, 5.41) is 1.45. The minimum Gasteiger partial charge on any atom is -0.223 e. The highest BCUT2D eigenvalue weighted by molar-refractivity contribution is 7.86. The third-order valence-corrected chi connectivity index (χ3v) is 3.39. The van der Waals surface area contributed by atoms with E-state index in [0.29, 0.717) is 5.39 Å². The molecule has 0 aromatic heterocycles. The molecule has 0 N–H and O–H groups in total. The molecule has 84 valence electrons. The van der Waals surface area contributed by atoms with Crippen molar-refractivity contribution in [2.75, 3.05) is 7.11 Å². The lowest BCUT2D eigenvalue weighted by Gasteiger charge is -2.05. The Labute approximate surface area is 93.5 Å². The van der Waals surface area contributed by atoms with Crippen molar-refractivity contribution in [3.8, 4) is 0 Å². The van der Waals surface area contributed by atoms with Gasteiger partial charge in [-0.1, -0.05) is 36.4 Å². The summed E-state index contributed by atoms with van der Waals surface area (Å²) in [5.41, 5.74) is 0. The molecule has 0 saturated heterocycles. The van der Waals surface area contributed by atoms with Gasteiger partial charge in [-0.15, -0.1) is 4.33 Å². The summed E-state index contributed by atoms with van der Waals surface area (Å²) in [6, 6.07) is 12.2. The highest BCUT2D eigenvalue weighted by Gasteiger charge is 2.18. The van der Waals surface area contributed by atoms with Crippen molar-refractivity contribution in [2.45, 2.75) is 4.90 Å². The van der Waals surface area contributed by atoms with Crippen LogP contribution in [0.25, 0.3) is 10.8 Å². The van der Waals surface area contributed by atoms with Crippen LogP contribution in [0.2, 0.25) is 0 Å². The highest BCUT2D eigenvalue weighted by Crippen LogP contribution is 2.24. The van der Waals surface area contributed by atoms with Gasteiger partial charge in [0.05, 0.1) is 7.11 Å². The van der Waals surface area contributed by atoms with Gasteiger partial charge >= 0.3 is 10.1 Å². The van der Waals surface area contributed by atoms with E-state index >= 15 is 0 Å². The summed E-state index contributed by atoms with van der Waals surface area (Å²) in [4.78, 5) is 4.33. The Bertz CT molecular complexity index is 599. The lowest BCUT2D eigenvalue weighted by molar-refractivity contribution is -0.172. The molecule has 0 aliphatic heterocycles. The lowest BCUT2D eigenvalue weighted by atomic mass is 10.1. The van der Waals surface area contributed by atoms with Crippen LogP contribution in [-0.4, -0.2) is 15.5 Å². The second-order valence-corrected chi connectivity index (χ2v) is 4.65. The summed E-state index contributed by atoms with van der Waals surface area (Å²) in [5.74, 6) is 0. The maximum Gasteiger partial charge on any atom is 0.323 e. The van der Waals surface area contributed by atoms with Crippen LogP contribution in [0.3, 0.4) is 0 Å². The molecule has 0 aliphatic carbocycles. The number of hydrogen-bond donors (Lipinski definition) is 0. The van der Waals surface area contributed by atoms with Gasteiger partial charge in [0.2, 0.25) is 0 Å². The van der Waals surface area contributed by atoms with Gasteiger partial charge < -0.3 is 0 Å². The predicted molar refractivity (Wildman–Crippen MR) is 59.2 cm³/mol. The topological polar surface area (TPSA) is 52.6 Å². The van der Waals surface area contributed by atoms with E-state index in [-0.39, 0.29) is 4.90 Å². The Morgan fingerprint density at radius 2 is 1.69 bits per heavy atom. The first kappa shape index (κ1) is 11.1. The molecule has 0 heterocycles. The fraction of sp³-hybridized carbons (Fsp3) is 0.0909. The zero-order valence-corrected chi connectivity index (χ0v) is 9.40. The van der Waals surface area contributed by atoms with Gasteiger partial charge in [0.25, 0.3) is 0 Å². The molecule has 0 aliphatic rings. The summed E-state index contributed by atoms with van der Waals surface area (Å²) in [7, 11) is -2.70. The van der Waals surface area contributed by atoms with E-state index in [1.54, 1.807) is 18.2 Å². The Morgan fingerprint density at radius 1 is 1.00 bits per heavy atom. The van der Waals surface area contributed by atoms with Crippen LogP contribution in [0.15, 0.2) is 47.4 Å². The van der Waals surface area contributed by atoms with Gasteiger partial charge in [-0.3, -0.25) is 0 Å². The van der Waals surface area contributed by atoms with E-state index < -0.39 is 10.1 Å². The second-order valence-electron chi connectivity index (χ2n) is 3.17. The van der Waals surface area contributed by atoms with Crippen molar-refractivity contribution in [1.82, 2.24) is 0 Å². The monoisotopic (exact) mass is 238 g/mol. The summed E-state index contributed by atoms with van der Waals surface area (Å²) in [6.07, 6.45) is 0. The van der Waals surface area contributed by atoms with Crippen LogP contribution >= 0.6 is 0 Å². The van der Waals surface area contributed by atoms with Crippen LogP contribution in [0.1, 0.15) is 0 Å². The smallest absolute Gasteiger partial charge is 0.223 e. The van der Waals surface area contributed by atoms with Crippen LogP contribution in [0, 0.1) is 0 Å². The molecule has 4 nitrogen and oxygen atoms in total. The van der Waals surface area contributed by atoms with E-state index in [2.05, 4.69) is 9.22 Å². The third-order valence-electron chi connectivity index (χ3n) is 2.18. The molecule has 0 unspecified atom stereocenters. The Hall–Kier alpha value is -1.43. The minimum atomic E-state index is -3.86. The molecule has 0 radical (unpaired) electrons. The molecule has 5 heteroatoms. The Balaban J connectivity index is 2.70. The Morgan fingerprint density at radius 3 is 2.44 bits per heavy atom. The van der Waals surface area contributed by atoms with Gasteiger partial charge in [-0.2, -0.15) is 8.42 Å². The van der Waals surface area contributed by atoms with Gasteiger partial charge in [0, 0.05) is 5.39 Å². The average molecular weight is 238 g/mol. The number of hydrogen-bond acceptors (Lipinski definition) is 4. The molecule has 0 spiro atoms. The first-order valence-corrected chi connectivity index (χ1v) is 6.01. The van der Waals surface area contributed by atoms with Crippen LogP contribution in [0.4, 0.5) is 0 Å². The largest absolute Gasteiger partial charge is 0.323 e. The second kappa shape index (κ2) is 4.21. The maximum atomic E-state index is 11.7. The summed E-state index contributed by atoms with van der Waals surface area (Å²) < 4.78 is 27.7. The normalized spacial score (nSPS) is 11.8. The molecule has 2 rings (SSSR count). The van der Waals surface area contributed by atoms with Crippen molar-refractivity contribution in [3.63, 3.8) is 0 Å². The van der Waals surface area contributed by atoms with Gasteiger partial charge in [0.1, 0.15) is 4.90 Å². The quantitative estimate of drug-likeness (QED) is 0.607. The van der Waals surface area contributed by atoms with Crippen LogP contribution in [-0.2, 0) is 19.3 Å². The van der Waals surface area contributed by atoms with Crippen molar-refractivity contribution in [3.05, 3.63) is 42.5 Å². The molecular formula is C11H10O4S. The number of rotatable bonds is 3. The number of fused-ring (bicyclic) bond motifs is 1. The van der Waals surface area contributed by atoms with Crippen molar-refractivity contribution in [1.29, 1.82) is 0 Å². The molecule has 2 aromatic carbocycles. The maximum absolute atomic E-state index is 11.7. The van der Waals surface area contributed by atoms with Gasteiger partial charge in [-0.25, -0.2) is 4.89 Å². The van der Waals surface area contributed by atoms with Crippen LogP contribution in [0.5, 0.6) is 0 Å². The predicted octanol–water partition coefficient (Wildman–Crippen LogP) is 2.11. The Kier molecular flexibility index (Phi) is 2.91. The molecule has 2 aromatic rings. The van der Waals surface area contributed by atoms with Crippen molar-refractivity contribution >= 4 is 20.9 Å². The molecular weight excluding hydrogens is 228 g/mol. The molecule has 0 fully saturated rings. The van der Waals surface area contributed by atoms with Crippen LogP contribution < -0.4 is 0 Å². The van der Waals surface area contributed by atoms with E-state index in [4.69, 9.17) is 0 Å². The van der Waals surface area contributed by atoms with Gasteiger partial charge in [-0.05, 0) is 11.5 Å². The number of benzene rings is 2. The standard InChI is InChI=1S/C11H10O4S/c1-14-15-16(12,13)11-8-4-6-9-5-2-3-7-10(9)11/h2-8H,1H3. The molecule has 0 atom stereocenters. The highest BCUT2D eigenvalue weighted by atomic mass is 32.2. The fourth-order valence-corrected chi connectivity index (χ4v) is 2.49. The van der Waals surface area contributed by atoms with E-state index in [1.807, 2.05) is 18.2 Å². The van der Waals surface area contributed by atoms with Crippen molar-refractivity contribution < 1.29 is 17.6 Å². The average Bonchev–Trinajstić information content (AvgIpc) is 2.28. The summed E-state index contributed by atoms with van der Waals surface area (Å²) >= 11 is 0. The third kappa shape index (κ3) is 1.92. The molecule has 0 bridgehead atoms. The van der Waals surface area contributed by atoms with E-state index in [0.717, 1.165) is 12.5 Å². The molecule has 0 amide bonds. The zero-order valence-electron chi connectivity index (χ0n) is 8.58. The molecule has 16 heavy (non-hydrogen) atoms. The van der Waals surface area contributed by atoms with E-state index in [1.165, 1.54) is 6.07 Å². The molecule has 0 saturated carbocycles. The SMILES string of the molecule is COOS(=O)(=O)c1cccc2ccccc12. The van der Waals surface area contributed by atoms with E-state index in [9.17, 15) is 8.42 Å². The van der Waals surface area contributed by atoms with Crippen molar-refractivity contribution in [2.24, 2.45) is 0 Å².